The van der Waals surface area contributed by atoms with Crippen molar-refractivity contribution in [1.82, 2.24) is 10.2 Å². The first-order valence-corrected chi connectivity index (χ1v) is 11.3. The van der Waals surface area contributed by atoms with E-state index in [0.717, 1.165) is 49.6 Å². The summed E-state index contributed by atoms with van der Waals surface area (Å²) in [5.41, 5.74) is 4.29. The Bertz CT molecular complexity index is 899. The zero-order valence-corrected chi connectivity index (χ0v) is 22.3. The predicted octanol–water partition coefficient (Wildman–Crippen LogP) is 5.19. The summed E-state index contributed by atoms with van der Waals surface area (Å²) in [6.07, 6.45) is 0.803. The van der Waals surface area contributed by atoms with Gasteiger partial charge >= 0.3 is 0 Å². The fourth-order valence-electron chi connectivity index (χ4n) is 4.28. The number of nitrogens with one attached hydrogen (secondary N) is 1. The van der Waals surface area contributed by atoms with Crippen molar-refractivity contribution < 1.29 is 9.53 Å². The molecule has 1 atom stereocenters. The second kappa shape index (κ2) is 12.5. The molecule has 0 aromatic heterocycles. The summed E-state index contributed by atoms with van der Waals surface area (Å²) in [4.78, 5) is 16.8. The second-order valence-electron chi connectivity index (χ2n) is 9.06. The van der Waals surface area contributed by atoms with E-state index in [2.05, 4.69) is 61.3 Å². The molecule has 2 aromatic carbocycles. The zero-order chi connectivity index (χ0) is 22.6. The van der Waals surface area contributed by atoms with Crippen LogP contribution in [0.3, 0.4) is 0 Å². The van der Waals surface area contributed by atoms with E-state index in [1.54, 1.807) is 7.11 Å². The highest BCUT2D eigenvalue weighted by Crippen LogP contribution is 2.35. The number of carbonyl (C=O) groups excluding carboxylic acids is 1. The fraction of sp³-hybridized carbons (Fsp3) is 0.500. The second-order valence-corrected chi connectivity index (χ2v) is 9.06. The number of carbonyl (C=O) groups is 1. The van der Waals surface area contributed by atoms with E-state index in [1.165, 1.54) is 11.1 Å². The minimum Gasteiger partial charge on any atom is -0.495 e. The van der Waals surface area contributed by atoms with Crippen molar-refractivity contribution in [1.29, 1.82) is 0 Å². The molecule has 0 aliphatic carbocycles. The maximum absolute atomic E-state index is 12.5. The van der Waals surface area contributed by atoms with Crippen molar-refractivity contribution in [3.63, 3.8) is 0 Å². The standard InChI is InChI=1S/C26H37N3O2.2ClH/c1-7-28(8-2)25(30)22-12-9-20(10-13-22)15-21-11-14-23(24(16-21)31-6)29-17-19(3)27-18-26(29,4)5;;/h9-14,16,19,27H,7-8,15,17-18H2,1-6H3;2*1H. The molecule has 3 rings (SSSR count). The van der Waals surface area contributed by atoms with E-state index < -0.39 is 0 Å². The van der Waals surface area contributed by atoms with Crippen LogP contribution < -0.4 is 15.0 Å². The highest BCUT2D eigenvalue weighted by atomic mass is 35.5. The third kappa shape index (κ3) is 6.78. The smallest absolute Gasteiger partial charge is 0.253 e. The molecule has 7 heteroatoms. The van der Waals surface area contributed by atoms with Gasteiger partial charge in [-0.3, -0.25) is 4.79 Å². The molecule has 184 valence electrons. The third-order valence-corrected chi connectivity index (χ3v) is 6.26. The first kappa shape index (κ1) is 29.1. The lowest BCUT2D eigenvalue weighted by molar-refractivity contribution is 0.0773. The molecule has 1 amide bonds. The Morgan fingerprint density at radius 3 is 2.27 bits per heavy atom. The largest absolute Gasteiger partial charge is 0.495 e. The lowest BCUT2D eigenvalue weighted by atomic mass is 9.95. The number of hydrogen-bond donors (Lipinski definition) is 1. The Morgan fingerprint density at radius 2 is 1.70 bits per heavy atom. The summed E-state index contributed by atoms with van der Waals surface area (Å²) in [5, 5.41) is 3.57. The summed E-state index contributed by atoms with van der Waals surface area (Å²) in [7, 11) is 1.74. The van der Waals surface area contributed by atoms with Gasteiger partial charge in [-0.25, -0.2) is 0 Å². The Morgan fingerprint density at radius 1 is 1.09 bits per heavy atom. The van der Waals surface area contributed by atoms with Gasteiger partial charge in [0, 0.05) is 43.3 Å². The lowest BCUT2D eigenvalue weighted by Gasteiger charge is -2.47. The number of anilines is 1. The monoisotopic (exact) mass is 495 g/mol. The molecular formula is C26H39Cl2N3O2. The van der Waals surface area contributed by atoms with Crippen molar-refractivity contribution in [3.05, 3.63) is 59.2 Å². The molecule has 1 aliphatic rings. The van der Waals surface area contributed by atoms with Gasteiger partial charge in [-0.05, 0) is 76.4 Å². The number of ether oxygens (including phenoxy) is 1. The van der Waals surface area contributed by atoms with E-state index in [0.29, 0.717) is 6.04 Å². The van der Waals surface area contributed by atoms with Crippen molar-refractivity contribution in [2.45, 2.75) is 52.6 Å². The quantitative estimate of drug-likeness (QED) is 0.573. The molecular weight excluding hydrogens is 457 g/mol. The van der Waals surface area contributed by atoms with Crippen LogP contribution in [0.1, 0.15) is 56.1 Å². The van der Waals surface area contributed by atoms with Gasteiger partial charge in [0.1, 0.15) is 5.75 Å². The predicted molar refractivity (Wildman–Crippen MR) is 143 cm³/mol. The van der Waals surface area contributed by atoms with Crippen LogP contribution in [0.2, 0.25) is 0 Å². The third-order valence-electron chi connectivity index (χ3n) is 6.26. The van der Waals surface area contributed by atoms with Gasteiger partial charge in [0.05, 0.1) is 12.8 Å². The fourth-order valence-corrected chi connectivity index (χ4v) is 4.28. The molecule has 1 heterocycles. The molecule has 1 aliphatic heterocycles. The molecule has 0 saturated carbocycles. The molecule has 0 radical (unpaired) electrons. The molecule has 1 saturated heterocycles. The average molecular weight is 497 g/mol. The average Bonchev–Trinajstić information content (AvgIpc) is 2.77. The number of benzene rings is 2. The van der Waals surface area contributed by atoms with Gasteiger partial charge in [-0.15, -0.1) is 24.8 Å². The van der Waals surface area contributed by atoms with Crippen molar-refractivity contribution in [2.75, 3.05) is 38.2 Å². The number of halogens is 2. The summed E-state index contributed by atoms with van der Waals surface area (Å²) in [6.45, 7) is 14.1. The Balaban J connectivity index is 0.00000272. The molecule has 1 unspecified atom stereocenters. The van der Waals surface area contributed by atoms with Crippen LogP contribution in [0.4, 0.5) is 5.69 Å². The highest BCUT2D eigenvalue weighted by Gasteiger charge is 2.34. The number of rotatable bonds is 7. The Hall–Kier alpha value is -1.95. The van der Waals surface area contributed by atoms with Crippen LogP contribution >= 0.6 is 24.8 Å². The highest BCUT2D eigenvalue weighted by molar-refractivity contribution is 5.94. The number of methoxy groups -OCH3 is 1. The number of amides is 1. The van der Waals surface area contributed by atoms with Crippen LogP contribution in [0.5, 0.6) is 5.75 Å². The molecule has 2 aromatic rings. The number of hydrogen-bond acceptors (Lipinski definition) is 4. The SMILES string of the molecule is CCN(CC)C(=O)c1ccc(Cc2ccc(N3CC(C)NCC3(C)C)c(OC)c2)cc1.Cl.Cl. The summed E-state index contributed by atoms with van der Waals surface area (Å²) in [5.74, 6) is 1.00. The van der Waals surface area contributed by atoms with E-state index in [1.807, 2.05) is 30.9 Å². The van der Waals surface area contributed by atoms with Gasteiger partial charge in [0.15, 0.2) is 0 Å². The molecule has 1 N–H and O–H groups in total. The van der Waals surface area contributed by atoms with Gasteiger partial charge < -0.3 is 19.9 Å². The maximum Gasteiger partial charge on any atom is 0.253 e. The van der Waals surface area contributed by atoms with E-state index in [9.17, 15) is 4.79 Å². The normalized spacial score (nSPS) is 16.9. The van der Waals surface area contributed by atoms with Crippen LogP contribution in [-0.2, 0) is 6.42 Å². The topological polar surface area (TPSA) is 44.8 Å². The van der Waals surface area contributed by atoms with Crippen LogP contribution in [0.25, 0.3) is 0 Å². The minimum atomic E-state index is 0. The van der Waals surface area contributed by atoms with Crippen molar-refractivity contribution >= 4 is 36.4 Å². The van der Waals surface area contributed by atoms with Crippen LogP contribution in [0, 0.1) is 0 Å². The minimum absolute atomic E-state index is 0. The maximum atomic E-state index is 12.5. The molecule has 1 fully saturated rings. The molecule has 5 nitrogen and oxygen atoms in total. The van der Waals surface area contributed by atoms with Crippen molar-refractivity contribution in [3.8, 4) is 5.75 Å². The Labute approximate surface area is 211 Å². The van der Waals surface area contributed by atoms with Crippen molar-refractivity contribution in [2.24, 2.45) is 0 Å². The summed E-state index contributed by atoms with van der Waals surface area (Å²) in [6, 6.07) is 14.9. The van der Waals surface area contributed by atoms with Gasteiger partial charge in [-0.2, -0.15) is 0 Å². The van der Waals surface area contributed by atoms with Crippen LogP contribution in [-0.4, -0.2) is 55.7 Å². The van der Waals surface area contributed by atoms with Gasteiger partial charge in [0.2, 0.25) is 0 Å². The summed E-state index contributed by atoms with van der Waals surface area (Å²) < 4.78 is 5.79. The summed E-state index contributed by atoms with van der Waals surface area (Å²) >= 11 is 0. The van der Waals surface area contributed by atoms with Gasteiger partial charge in [-0.1, -0.05) is 18.2 Å². The van der Waals surface area contributed by atoms with E-state index >= 15 is 0 Å². The molecule has 0 bridgehead atoms. The van der Waals surface area contributed by atoms with E-state index in [4.69, 9.17) is 4.74 Å². The van der Waals surface area contributed by atoms with Crippen LogP contribution in [0.15, 0.2) is 42.5 Å². The molecule has 0 spiro atoms. The van der Waals surface area contributed by atoms with Gasteiger partial charge in [0.25, 0.3) is 5.91 Å². The lowest BCUT2D eigenvalue weighted by Crippen LogP contribution is -2.61. The number of nitrogens with zero attached hydrogens (tertiary/aromatic N) is 2. The molecule has 33 heavy (non-hydrogen) atoms. The number of piperazine rings is 1. The van der Waals surface area contributed by atoms with E-state index in [-0.39, 0.29) is 36.3 Å². The zero-order valence-electron chi connectivity index (χ0n) is 20.7. The first-order chi connectivity index (χ1) is 14.8. The first-order valence-electron chi connectivity index (χ1n) is 11.3. The Kier molecular flexibility index (Phi) is 11.0.